The summed E-state index contributed by atoms with van der Waals surface area (Å²) in [5.74, 6) is 1.39. The summed E-state index contributed by atoms with van der Waals surface area (Å²) in [4.78, 5) is 13.0. The summed E-state index contributed by atoms with van der Waals surface area (Å²) in [6.45, 7) is 3.18. The van der Waals surface area contributed by atoms with E-state index >= 15 is 0 Å². The summed E-state index contributed by atoms with van der Waals surface area (Å²) in [6.07, 6.45) is 2.19. The Balaban J connectivity index is 0.00000220. The maximum atomic E-state index is 12.0. The Morgan fingerprint density at radius 1 is 1.43 bits per heavy atom. The predicted molar refractivity (Wildman–Crippen MR) is 89.6 cm³/mol. The molecule has 1 fully saturated rings. The number of rotatable bonds is 5. The first-order valence-electron chi connectivity index (χ1n) is 6.98. The molecule has 6 heteroatoms. The van der Waals surface area contributed by atoms with E-state index in [9.17, 15) is 4.79 Å². The molecule has 0 spiro atoms. The lowest BCUT2D eigenvalue weighted by Gasteiger charge is -2.30. The van der Waals surface area contributed by atoms with Gasteiger partial charge >= 0.3 is 0 Å². The van der Waals surface area contributed by atoms with Crippen LogP contribution in [0.25, 0.3) is 0 Å². The molecule has 2 rings (SSSR count). The smallest absolute Gasteiger partial charge is 0.230 e. The van der Waals surface area contributed by atoms with E-state index < -0.39 is 0 Å². The van der Waals surface area contributed by atoms with Crippen LogP contribution in [0, 0.1) is 0 Å². The average molecular weight is 331 g/mol. The molecule has 4 nitrogen and oxygen atoms in total. The first-order chi connectivity index (χ1) is 9.69. The van der Waals surface area contributed by atoms with Crippen LogP contribution in [0.4, 0.5) is 0 Å². The number of hydrogen-bond donors (Lipinski definition) is 2. The molecule has 1 amide bonds. The molecule has 2 atom stereocenters. The molecule has 1 heterocycles. The van der Waals surface area contributed by atoms with Crippen molar-refractivity contribution in [1.82, 2.24) is 10.6 Å². The fraction of sp³-hybridized carbons (Fsp3) is 0.533. The van der Waals surface area contributed by atoms with E-state index in [1.807, 2.05) is 24.3 Å². The van der Waals surface area contributed by atoms with Crippen LogP contribution in [0.2, 0.25) is 0 Å². The molecular weight excluding hydrogens is 308 g/mol. The zero-order valence-electron chi connectivity index (χ0n) is 12.4. The second kappa shape index (κ2) is 9.18. The molecule has 1 aliphatic heterocycles. The quantitative estimate of drug-likeness (QED) is 0.814. The van der Waals surface area contributed by atoms with Gasteiger partial charge < -0.3 is 15.4 Å². The van der Waals surface area contributed by atoms with Gasteiger partial charge in [-0.3, -0.25) is 4.79 Å². The monoisotopic (exact) mass is 330 g/mol. The molecule has 0 radical (unpaired) electrons. The van der Waals surface area contributed by atoms with Crippen LogP contribution in [-0.2, 0) is 4.79 Å². The molecule has 2 unspecified atom stereocenters. The van der Waals surface area contributed by atoms with E-state index in [0.717, 1.165) is 30.0 Å². The van der Waals surface area contributed by atoms with Crippen molar-refractivity contribution in [1.29, 1.82) is 0 Å². The summed E-state index contributed by atoms with van der Waals surface area (Å²) in [5, 5.41) is 6.50. The molecule has 1 aliphatic rings. The molecule has 0 saturated carbocycles. The number of nitrogens with one attached hydrogen (secondary N) is 2. The number of halogens is 1. The Morgan fingerprint density at radius 2 is 2.14 bits per heavy atom. The highest BCUT2D eigenvalue weighted by atomic mass is 35.5. The Bertz CT molecular complexity index is 442. The van der Waals surface area contributed by atoms with Crippen LogP contribution < -0.4 is 15.4 Å². The van der Waals surface area contributed by atoms with E-state index in [0.29, 0.717) is 11.8 Å². The Morgan fingerprint density at radius 3 is 2.76 bits per heavy atom. The van der Waals surface area contributed by atoms with Gasteiger partial charge in [0.1, 0.15) is 5.75 Å². The van der Waals surface area contributed by atoms with Gasteiger partial charge in [0.05, 0.1) is 12.9 Å². The van der Waals surface area contributed by atoms with Crippen molar-refractivity contribution < 1.29 is 9.53 Å². The van der Waals surface area contributed by atoms with E-state index in [4.69, 9.17) is 4.74 Å². The molecule has 0 aliphatic carbocycles. The maximum absolute atomic E-state index is 12.0. The van der Waals surface area contributed by atoms with Gasteiger partial charge in [-0.2, -0.15) is 0 Å². The van der Waals surface area contributed by atoms with Crippen molar-refractivity contribution in [3.63, 3.8) is 0 Å². The first-order valence-corrected chi connectivity index (χ1v) is 7.97. The van der Waals surface area contributed by atoms with Crippen molar-refractivity contribution in [2.45, 2.75) is 36.7 Å². The highest BCUT2D eigenvalue weighted by molar-refractivity contribution is 8.00. The second-order valence-electron chi connectivity index (χ2n) is 5.02. The molecular formula is C15H23ClN2O2S. The second-order valence-corrected chi connectivity index (χ2v) is 6.07. The summed E-state index contributed by atoms with van der Waals surface area (Å²) in [7, 11) is 1.65. The number of ether oxygens (including phenoxy) is 1. The number of hydrogen-bond acceptors (Lipinski definition) is 4. The van der Waals surface area contributed by atoms with Crippen LogP contribution in [0.3, 0.4) is 0 Å². The lowest BCUT2D eigenvalue weighted by atomic mass is 10.00. The number of amides is 1. The Hall–Kier alpha value is -0.910. The number of carbonyl (C=O) groups excluding carboxylic acids is 1. The fourth-order valence-electron chi connectivity index (χ4n) is 2.31. The van der Waals surface area contributed by atoms with E-state index in [-0.39, 0.29) is 24.4 Å². The SMILES string of the molecule is COc1ccc(SCC(=O)NC2CCCNC2C)cc1.Cl. The van der Waals surface area contributed by atoms with Crippen LogP contribution in [0.15, 0.2) is 29.2 Å². The molecule has 118 valence electrons. The highest BCUT2D eigenvalue weighted by Gasteiger charge is 2.22. The molecule has 2 N–H and O–H groups in total. The van der Waals surface area contributed by atoms with Gasteiger partial charge in [-0.05, 0) is 50.6 Å². The molecule has 1 aromatic carbocycles. The van der Waals surface area contributed by atoms with Gasteiger partial charge in [0, 0.05) is 17.0 Å². The van der Waals surface area contributed by atoms with Crippen molar-refractivity contribution in [3.8, 4) is 5.75 Å². The maximum Gasteiger partial charge on any atom is 0.230 e. The number of carbonyl (C=O) groups is 1. The summed E-state index contributed by atoms with van der Waals surface area (Å²) in [5.41, 5.74) is 0. The highest BCUT2D eigenvalue weighted by Crippen LogP contribution is 2.21. The Labute approximate surface area is 136 Å². The minimum atomic E-state index is 0. The lowest BCUT2D eigenvalue weighted by molar-refractivity contribution is -0.119. The van der Waals surface area contributed by atoms with E-state index in [1.54, 1.807) is 18.9 Å². The summed E-state index contributed by atoms with van der Waals surface area (Å²) in [6, 6.07) is 8.38. The number of methoxy groups -OCH3 is 1. The van der Waals surface area contributed by atoms with Crippen molar-refractivity contribution in [3.05, 3.63) is 24.3 Å². The van der Waals surface area contributed by atoms with Gasteiger partial charge in [-0.1, -0.05) is 0 Å². The molecule has 1 aromatic rings. The molecule has 1 saturated heterocycles. The number of piperidine rings is 1. The van der Waals surface area contributed by atoms with Crippen LogP contribution in [0.1, 0.15) is 19.8 Å². The van der Waals surface area contributed by atoms with Crippen molar-refractivity contribution >= 4 is 30.1 Å². The van der Waals surface area contributed by atoms with Crippen LogP contribution in [0.5, 0.6) is 5.75 Å². The fourth-order valence-corrected chi connectivity index (χ4v) is 3.02. The molecule has 21 heavy (non-hydrogen) atoms. The molecule has 0 aromatic heterocycles. The van der Waals surface area contributed by atoms with Gasteiger partial charge in [0.25, 0.3) is 0 Å². The summed E-state index contributed by atoms with van der Waals surface area (Å²) < 4.78 is 5.11. The van der Waals surface area contributed by atoms with E-state index in [1.165, 1.54) is 0 Å². The third-order valence-electron chi connectivity index (χ3n) is 3.54. The lowest BCUT2D eigenvalue weighted by Crippen LogP contribution is -2.52. The zero-order chi connectivity index (χ0) is 14.4. The minimum Gasteiger partial charge on any atom is -0.497 e. The standard InChI is InChI=1S/C15H22N2O2S.ClH/c1-11-14(4-3-9-16-11)17-15(18)10-20-13-7-5-12(19-2)6-8-13;/h5-8,11,14,16H,3-4,9-10H2,1-2H3,(H,17,18);1H. The average Bonchev–Trinajstić information content (AvgIpc) is 2.48. The molecule has 0 bridgehead atoms. The van der Waals surface area contributed by atoms with Crippen LogP contribution in [-0.4, -0.2) is 37.4 Å². The minimum absolute atomic E-state index is 0. The topological polar surface area (TPSA) is 50.4 Å². The normalized spacial score (nSPS) is 21.2. The Kier molecular flexibility index (Phi) is 7.93. The van der Waals surface area contributed by atoms with Gasteiger partial charge in [0.15, 0.2) is 0 Å². The largest absolute Gasteiger partial charge is 0.497 e. The van der Waals surface area contributed by atoms with Gasteiger partial charge in [-0.25, -0.2) is 0 Å². The van der Waals surface area contributed by atoms with Crippen molar-refractivity contribution in [2.75, 3.05) is 19.4 Å². The van der Waals surface area contributed by atoms with Crippen molar-refractivity contribution in [2.24, 2.45) is 0 Å². The third-order valence-corrected chi connectivity index (χ3v) is 4.55. The van der Waals surface area contributed by atoms with Gasteiger partial charge in [0.2, 0.25) is 5.91 Å². The van der Waals surface area contributed by atoms with E-state index in [2.05, 4.69) is 17.6 Å². The first kappa shape index (κ1) is 18.1. The summed E-state index contributed by atoms with van der Waals surface area (Å²) >= 11 is 1.55. The predicted octanol–water partition coefficient (Wildman–Crippen LogP) is 2.47. The third kappa shape index (κ3) is 5.77. The number of thioether (sulfide) groups is 1. The zero-order valence-corrected chi connectivity index (χ0v) is 14.1. The van der Waals surface area contributed by atoms with Gasteiger partial charge in [-0.15, -0.1) is 24.2 Å². The van der Waals surface area contributed by atoms with Crippen LogP contribution >= 0.6 is 24.2 Å². The number of benzene rings is 1.